The first-order chi connectivity index (χ1) is 9.33. The van der Waals surface area contributed by atoms with E-state index >= 15 is 0 Å². The summed E-state index contributed by atoms with van der Waals surface area (Å²) >= 11 is 3.46. The van der Waals surface area contributed by atoms with Crippen LogP contribution in [0.2, 0.25) is 0 Å². The fraction of sp³-hybridized carbons (Fsp3) is 0. The average molecular weight is 315 g/mol. The quantitative estimate of drug-likeness (QED) is 0.500. The normalized spacial score (nSPS) is 11.8. The van der Waals surface area contributed by atoms with Crippen molar-refractivity contribution < 1.29 is 4.74 Å². The Labute approximate surface area is 117 Å². The van der Waals surface area contributed by atoms with Crippen LogP contribution in [0, 0.1) is 0 Å². The Morgan fingerprint density at radius 1 is 1.05 bits per heavy atom. The van der Waals surface area contributed by atoms with Gasteiger partial charge in [0.05, 0.1) is 5.56 Å². The van der Waals surface area contributed by atoms with E-state index in [1.165, 1.54) is 0 Å². The average Bonchev–Trinajstić information content (AvgIpc) is 2.86. The van der Waals surface area contributed by atoms with Crippen molar-refractivity contribution >= 4 is 15.9 Å². The van der Waals surface area contributed by atoms with Crippen molar-refractivity contribution in [1.29, 1.82) is 0 Å². The molecule has 0 bridgehead atoms. The molecular formula is C13H7BrN4O. The van der Waals surface area contributed by atoms with E-state index in [0.29, 0.717) is 5.82 Å². The minimum atomic E-state index is 0.668. The molecule has 3 aromatic rings. The maximum absolute atomic E-state index is 5.95. The predicted octanol–water partition coefficient (Wildman–Crippen LogP) is 3.20. The zero-order valence-electron chi connectivity index (χ0n) is 9.62. The van der Waals surface area contributed by atoms with Crippen LogP contribution in [0.15, 0.2) is 46.9 Å². The summed E-state index contributed by atoms with van der Waals surface area (Å²) in [6.07, 6.45) is 0. The lowest BCUT2D eigenvalue weighted by Gasteiger charge is -2.07. The van der Waals surface area contributed by atoms with Crippen molar-refractivity contribution in [2.24, 2.45) is 0 Å². The van der Waals surface area contributed by atoms with Crippen molar-refractivity contribution in [2.45, 2.75) is 0 Å². The van der Waals surface area contributed by atoms with Gasteiger partial charge in [-0.3, -0.25) is 0 Å². The van der Waals surface area contributed by atoms with Crippen LogP contribution in [0.3, 0.4) is 0 Å². The lowest BCUT2D eigenvalue weighted by atomic mass is 10.2. The molecule has 1 aliphatic heterocycles. The molecule has 0 saturated carbocycles. The highest BCUT2D eigenvalue weighted by atomic mass is 79.9. The number of ether oxygens (including phenoxy) is 1. The van der Waals surface area contributed by atoms with Crippen LogP contribution in [0.25, 0.3) is 17.1 Å². The summed E-state index contributed by atoms with van der Waals surface area (Å²) in [4.78, 5) is 0. The van der Waals surface area contributed by atoms with Gasteiger partial charge >= 0.3 is 0 Å². The predicted molar refractivity (Wildman–Crippen MR) is 72.4 cm³/mol. The number of halogens is 1. The lowest BCUT2D eigenvalue weighted by Crippen LogP contribution is -1.98. The van der Waals surface area contributed by atoms with E-state index in [1.807, 2.05) is 42.5 Å². The van der Waals surface area contributed by atoms with E-state index in [2.05, 4.69) is 31.5 Å². The first kappa shape index (κ1) is 10.7. The second kappa shape index (κ2) is 3.89. The van der Waals surface area contributed by atoms with Gasteiger partial charge in [-0.05, 0) is 40.8 Å². The SMILES string of the molecule is Brc1ccc2c(c1)-c1nnnn1-c1ccccc1O2. The highest BCUT2D eigenvalue weighted by Crippen LogP contribution is 2.40. The Bertz CT molecular complexity index is 784. The van der Waals surface area contributed by atoms with Crippen molar-refractivity contribution in [2.75, 3.05) is 0 Å². The molecule has 0 N–H and O–H groups in total. The van der Waals surface area contributed by atoms with Crippen LogP contribution >= 0.6 is 15.9 Å². The summed E-state index contributed by atoms with van der Waals surface area (Å²) in [6, 6.07) is 13.5. The molecule has 6 heteroatoms. The van der Waals surface area contributed by atoms with Crippen molar-refractivity contribution in [3.8, 4) is 28.6 Å². The molecule has 0 spiro atoms. The number of benzene rings is 2. The van der Waals surface area contributed by atoms with Gasteiger partial charge in [0.15, 0.2) is 11.6 Å². The molecule has 5 nitrogen and oxygen atoms in total. The zero-order chi connectivity index (χ0) is 12.8. The molecular weight excluding hydrogens is 308 g/mol. The van der Waals surface area contributed by atoms with Crippen molar-refractivity contribution in [3.63, 3.8) is 0 Å². The first-order valence-corrected chi connectivity index (χ1v) is 6.48. The molecule has 0 aliphatic carbocycles. The van der Waals surface area contributed by atoms with Crippen LogP contribution in [0.1, 0.15) is 0 Å². The van der Waals surface area contributed by atoms with Gasteiger partial charge in [0.25, 0.3) is 0 Å². The molecule has 1 aliphatic rings. The third kappa shape index (κ3) is 1.57. The van der Waals surface area contributed by atoms with Crippen LogP contribution < -0.4 is 4.74 Å². The van der Waals surface area contributed by atoms with Crippen molar-refractivity contribution in [3.05, 3.63) is 46.9 Å². The molecule has 0 fully saturated rings. The number of nitrogens with zero attached hydrogens (tertiary/aromatic N) is 4. The molecule has 0 amide bonds. The van der Waals surface area contributed by atoms with Gasteiger partial charge in [0.1, 0.15) is 11.4 Å². The second-order valence-electron chi connectivity index (χ2n) is 4.12. The van der Waals surface area contributed by atoms with Crippen molar-refractivity contribution in [1.82, 2.24) is 20.2 Å². The molecule has 2 heterocycles. The molecule has 19 heavy (non-hydrogen) atoms. The summed E-state index contributed by atoms with van der Waals surface area (Å²) in [7, 11) is 0. The third-order valence-electron chi connectivity index (χ3n) is 2.97. The van der Waals surface area contributed by atoms with E-state index in [9.17, 15) is 0 Å². The first-order valence-electron chi connectivity index (χ1n) is 5.68. The Morgan fingerprint density at radius 2 is 1.95 bits per heavy atom. The van der Waals surface area contributed by atoms with Crippen LogP contribution in [0.4, 0.5) is 0 Å². The van der Waals surface area contributed by atoms with Gasteiger partial charge < -0.3 is 4.74 Å². The molecule has 0 saturated heterocycles. The van der Waals surface area contributed by atoms with E-state index in [-0.39, 0.29) is 0 Å². The van der Waals surface area contributed by atoms with Gasteiger partial charge in [-0.2, -0.15) is 4.68 Å². The van der Waals surface area contributed by atoms with E-state index in [1.54, 1.807) is 4.68 Å². The van der Waals surface area contributed by atoms with E-state index in [0.717, 1.165) is 27.2 Å². The number of hydrogen-bond donors (Lipinski definition) is 0. The van der Waals surface area contributed by atoms with Gasteiger partial charge in [-0.25, -0.2) is 0 Å². The second-order valence-corrected chi connectivity index (χ2v) is 5.04. The topological polar surface area (TPSA) is 52.8 Å². The molecule has 4 rings (SSSR count). The Morgan fingerprint density at radius 3 is 2.89 bits per heavy atom. The fourth-order valence-electron chi connectivity index (χ4n) is 2.12. The molecule has 1 aromatic heterocycles. The summed E-state index contributed by atoms with van der Waals surface area (Å²) in [5.74, 6) is 2.14. The standard InChI is InChI=1S/C13H7BrN4O/c14-8-5-6-11-9(7-8)13-15-16-17-18(13)10-3-1-2-4-12(10)19-11/h1-7H. The summed E-state index contributed by atoms with van der Waals surface area (Å²) < 4.78 is 8.59. The molecule has 92 valence electrons. The van der Waals surface area contributed by atoms with E-state index in [4.69, 9.17) is 4.74 Å². The molecule has 0 atom stereocenters. The number of para-hydroxylation sites is 2. The minimum Gasteiger partial charge on any atom is -0.454 e. The number of tetrazole rings is 1. The maximum Gasteiger partial charge on any atom is 0.191 e. The number of aromatic nitrogens is 4. The van der Waals surface area contributed by atoms with Crippen LogP contribution in [-0.2, 0) is 0 Å². The van der Waals surface area contributed by atoms with Gasteiger partial charge in [-0.15, -0.1) is 5.10 Å². The Kier molecular flexibility index (Phi) is 2.19. The minimum absolute atomic E-state index is 0.668. The highest BCUT2D eigenvalue weighted by Gasteiger charge is 2.22. The van der Waals surface area contributed by atoms with Crippen LogP contribution in [-0.4, -0.2) is 20.2 Å². The third-order valence-corrected chi connectivity index (χ3v) is 3.46. The number of fused-ring (bicyclic) bond motifs is 5. The fourth-order valence-corrected chi connectivity index (χ4v) is 2.48. The summed E-state index contributed by atoms with van der Waals surface area (Å²) in [5.41, 5.74) is 1.69. The monoisotopic (exact) mass is 314 g/mol. The van der Waals surface area contributed by atoms with Gasteiger partial charge in [0, 0.05) is 4.47 Å². The van der Waals surface area contributed by atoms with Gasteiger partial charge in [0.2, 0.25) is 0 Å². The summed E-state index contributed by atoms with van der Waals surface area (Å²) in [6.45, 7) is 0. The lowest BCUT2D eigenvalue weighted by molar-refractivity contribution is 0.483. The number of rotatable bonds is 0. The highest BCUT2D eigenvalue weighted by molar-refractivity contribution is 9.10. The number of hydrogen-bond acceptors (Lipinski definition) is 4. The summed E-state index contributed by atoms with van der Waals surface area (Å²) in [5, 5.41) is 11.9. The molecule has 0 unspecified atom stereocenters. The molecule has 2 aromatic carbocycles. The Balaban J connectivity index is 2.10. The van der Waals surface area contributed by atoms with E-state index < -0.39 is 0 Å². The Hall–Kier alpha value is -2.21. The smallest absolute Gasteiger partial charge is 0.191 e. The molecule has 0 radical (unpaired) electrons. The maximum atomic E-state index is 5.95. The largest absolute Gasteiger partial charge is 0.454 e. The zero-order valence-corrected chi connectivity index (χ0v) is 11.2. The van der Waals surface area contributed by atoms with Crippen LogP contribution in [0.5, 0.6) is 11.5 Å². The van der Waals surface area contributed by atoms with Gasteiger partial charge in [-0.1, -0.05) is 28.1 Å².